The monoisotopic (exact) mass is 224 g/mol. The predicted molar refractivity (Wildman–Crippen MR) is 54.7 cm³/mol. The number of halogens is 1. The average Bonchev–Trinajstić information content (AvgIpc) is 2.54. The molecule has 0 fully saturated rings. The second kappa shape index (κ2) is 3.15. The number of aromatic nitrogens is 4. The molecular formula is C9H9ClN4O. The predicted octanol–water partition coefficient (Wildman–Crippen LogP) is 1.32. The van der Waals surface area contributed by atoms with Crippen molar-refractivity contribution < 1.29 is 4.74 Å². The van der Waals surface area contributed by atoms with Gasteiger partial charge in [0.2, 0.25) is 0 Å². The molecule has 0 aromatic carbocycles. The summed E-state index contributed by atoms with van der Waals surface area (Å²) in [5.74, 6) is 0.642. The van der Waals surface area contributed by atoms with Gasteiger partial charge in [-0.2, -0.15) is 5.10 Å². The summed E-state index contributed by atoms with van der Waals surface area (Å²) < 4.78 is 7.27. The molecule has 0 aliphatic carbocycles. The molecule has 0 bridgehead atoms. The summed E-state index contributed by atoms with van der Waals surface area (Å²) in [5, 5.41) is 5.66. The van der Waals surface area contributed by atoms with Crippen molar-refractivity contribution in [2.75, 3.05) is 6.61 Å². The fourth-order valence-electron chi connectivity index (χ4n) is 1.80. The number of hydrogen-bond acceptors (Lipinski definition) is 4. The maximum absolute atomic E-state index is 6.08. The van der Waals surface area contributed by atoms with Crippen LogP contribution in [0.4, 0.5) is 0 Å². The molecule has 6 heteroatoms. The van der Waals surface area contributed by atoms with Crippen LogP contribution in [-0.2, 0) is 17.9 Å². The third-order valence-electron chi connectivity index (χ3n) is 2.46. The van der Waals surface area contributed by atoms with Crippen LogP contribution in [0, 0.1) is 6.92 Å². The molecule has 0 saturated carbocycles. The lowest BCUT2D eigenvalue weighted by molar-refractivity contribution is 0.0811. The summed E-state index contributed by atoms with van der Waals surface area (Å²) >= 11 is 6.08. The number of nitrogens with zero attached hydrogens (tertiary/aromatic N) is 4. The molecular weight excluding hydrogens is 216 g/mol. The Labute approximate surface area is 91.0 Å². The second-order valence-corrected chi connectivity index (χ2v) is 3.84. The van der Waals surface area contributed by atoms with Crippen LogP contribution in [0.25, 0.3) is 11.0 Å². The largest absolute Gasteiger partial charge is 0.373 e. The van der Waals surface area contributed by atoms with E-state index in [0.29, 0.717) is 29.8 Å². The van der Waals surface area contributed by atoms with Crippen molar-refractivity contribution in [2.45, 2.75) is 20.1 Å². The first kappa shape index (κ1) is 9.06. The van der Waals surface area contributed by atoms with E-state index in [1.165, 1.54) is 0 Å². The van der Waals surface area contributed by atoms with Crippen molar-refractivity contribution in [1.82, 2.24) is 19.7 Å². The van der Waals surface area contributed by atoms with Crippen LogP contribution in [0.1, 0.15) is 11.5 Å². The molecule has 2 aromatic heterocycles. The van der Waals surface area contributed by atoms with Crippen LogP contribution in [0.2, 0.25) is 5.15 Å². The van der Waals surface area contributed by atoms with Gasteiger partial charge in [-0.05, 0) is 6.92 Å². The third kappa shape index (κ3) is 1.31. The Morgan fingerprint density at radius 2 is 2.27 bits per heavy atom. The molecule has 78 valence electrons. The van der Waals surface area contributed by atoms with E-state index in [1.807, 2.05) is 4.68 Å². The maximum atomic E-state index is 6.08. The quantitative estimate of drug-likeness (QED) is 0.634. The Morgan fingerprint density at radius 3 is 3.13 bits per heavy atom. The van der Waals surface area contributed by atoms with Gasteiger partial charge in [-0.15, -0.1) is 0 Å². The van der Waals surface area contributed by atoms with E-state index < -0.39 is 0 Å². The Morgan fingerprint density at radius 1 is 1.40 bits per heavy atom. The van der Waals surface area contributed by atoms with Crippen molar-refractivity contribution in [2.24, 2.45) is 0 Å². The molecule has 1 aliphatic heterocycles. The van der Waals surface area contributed by atoms with E-state index in [9.17, 15) is 0 Å². The van der Waals surface area contributed by atoms with Gasteiger partial charge in [-0.3, -0.25) is 4.68 Å². The lowest BCUT2D eigenvalue weighted by Gasteiger charge is -2.13. The van der Waals surface area contributed by atoms with E-state index in [-0.39, 0.29) is 0 Å². The minimum atomic E-state index is 0.462. The Kier molecular flexibility index (Phi) is 1.90. The van der Waals surface area contributed by atoms with Crippen LogP contribution < -0.4 is 0 Å². The number of hydrogen-bond donors (Lipinski definition) is 0. The Hall–Kier alpha value is -1.20. The van der Waals surface area contributed by atoms with Gasteiger partial charge in [0.05, 0.1) is 30.8 Å². The summed E-state index contributed by atoms with van der Waals surface area (Å²) in [7, 11) is 0. The molecule has 0 atom stereocenters. The maximum Gasteiger partial charge on any atom is 0.186 e. The van der Waals surface area contributed by atoms with Crippen LogP contribution in [0.15, 0.2) is 0 Å². The Balaban J connectivity index is 2.37. The summed E-state index contributed by atoms with van der Waals surface area (Å²) in [6, 6.07) is 0. The smallest absolute Gasteiger partial charge is 0.186 e. The van der Waals surface area contributed by atoms with E-state index in [1.54, 1.807) is 6.92 Å². The molecule has 3 heterocycles. The lowest BCUT2D eigenvalue weighted by Crippen LogP contribution is -2.17. The van der Waals surface area contributed by atoms with Crippen LogP contribution in [0.5, 0.6) is 0 Å². The summed E-state index contributed by atoms with van der Waals surface area (Å²) in [6.07, 6.45) is 0. The van der Waals surface area contributed by atoms with Crippen LogP contribution in [0.3, 0.4) is 0 Å². The van der Waals surface area contributed by atoms with Gasteiger partial charge in [0.1, 0.15) is 11.0 Å². The summed E-state index contributed by atoms with van der Waals surface area (Å²) in [5.41, 5.74) is 1.63. The van der Waals surface area contributed by atoms with Crippen molar-refractivity contribution in [3.05, 3.63) is 16.7 Å². The van der Waals surface area contributed by atoms with Gasteiger partial charge in [0.15, 0.2) is 5.65 Å². The highest BCUT2D eigenvalue weighted by atomic mass is 35.5. The second-order valence-electron chi connectivity index (χ2n) is 3.48. The van der Waals surface area contributed by atoms with Gasteiger partial charge < -0.3 is 4.74 Å². The summed E-state index contributed by atoms with van der Waals surface area (Å²) in [6.45, 7) is 3.77. The highest BCUT2D eigenvalue weighted by Gasteiger charge is 2.19. The molecule has 0 saturated heterocycles. The number of ether oxygens (including phenoxy) is 1. The normalized spacial score (nSPS) is 15.6. The lowest BCUT2D eigenvalue weighted by atomic mass is 10.3. The van der Waals surface area contributed by atoms with Crippen molar-refractivity contribution in [1.29, 1.82) is 0 Å². The molecule has 15 heavy (non-hydrogen) atoms. The molecule has 1 aliphatic rings. The molecule has 3 rings (SSSR count). The first-order valence-electron chi connectivity index (χ1n) is 4.73. The fourth-order valence-corrected chi connectivity index (χ4v) is 2.12. The summed E-state index contributed by atoms with van der Waals surface area (Å²) in [4.78, 5) is 8.39. The first-order valence-corrected chi connectivity index (χ1v) is 5.11. The van der Waals surface area contributed by atoms with Crippen LogP contribution in [-0.4, -0.2) is 26.4 Å². The third-order valence-corrected chi connectivity index (χ3v) is 2.73. The highest BCUT2D eigenvalue weighted by Crippen LogP contribution is 2.26. The van der Waals surface area contributed by atoms with E-state index in [4.69, 9.17) is 16.3 Å². The minimum absolute atomic E-state index is 0.462. The van der Waals surface area contributed by atoms with Crippen LogP contribution >= 0.6 is 11.6 Å². The van der Waals surface area contributed by atoms with E-state index >= 15 is 0 Å². The van der Waals surface area contributed by atoms with Gasteiger partial charge in [0.25, 0.3) is 0 Å². The topological polar surface area (TPSA) is 52.8 Å². The van der Waals surface area contributed by atoms with E-state index in [0.717, 1.165) is 17.6 Å². The fraction of sp³-hybridized carbons (Fsp3) is 0.444. The zero-order valence-electron chi connectivity index (χ0n) is 8.20. The van der Waals surface area contributed by atoms with Gasteiger partial charge in [-0.25, -0.2) is 9.97 Å². The molecule has 0 spiro atoms. The van der Waals surface area contributed by atoms with Gasteiger partial charge in [-0.1, -0.05) is 11.6 Å². The standard InChI is InChI=1S/C9H9ClN4O/c1-5-11-8(10)7-6-4-15-3-2-14(6)13-9(7)12-5/h2-4H2,1H3. The molecule has 2 aromatic rings. The SMILES string of the molecule is Cc1nc(Cl)c2c3n(nc2n1)CCOC3. The number of rotatable bonds is 0. The molecule has 0 N–H and O–H groups in total. The van der Waals surface area contributed by atoms with Crippen molar-refractivity contribution in [3.63, 3.8) is 0 Å². The first-order chi connectivity index (χ1) is 7.25. The van der Waals surface area contributed by atoms with E-state index in [2.05, 4.69) is 15.1 Å². The molecule has 0 unspecified atom stereocenters. The zero-order valence-corrected chi connectivity index (χ0v) is 8.95. The van der Waals surface area contributed by atoms with Gasteiger partial charge >= 0.3 is 0 Å². The van der Waals surface area contributed by atoms with Crippen molar-refractivity contribution in [3.8, 4) is 0 Å². The molecule has 5 nitrogen and oxygen atoms in total. The number of fused-ring (bicyclic) bond motifs is 3. The Bertz CT molecular complexity index is 536. The highest BCUT2D eigenvalue weighted by molar-refractivity contribution is 6.34. The van der Waals surface area contributed by atoms with Gasteiger partial charge in [0, 0.05) is 0 Å². The molecule has 0 amide bonds. The van der Waals surface area contributed by atoms with Crippen molar-refractivity contribution >= 4 is 22.6 Å². The zero-order chi connectivity index (χ0) is 10.4. The molecule has 0 radical (unpaired) electrons. The number of aryl methyl sites for hydroxylation is 1. The minimum Gasteiger partial charge on any atom is -0.373 e. The average molecular weight is 225 g/mol.